The van der Waals surface area contributed by atoms with Crippen molar-refractivity contribution < 1.29 is 9.53 Å². The summed E-state index contributed by atoms with van der Waals surface area (Å²) in [6.07, 6.45) is 1.62. The summed E-state index contributed by atoms with van der Waals surface area (Å²) in [6, 6.07) is 10.6. The lowest BCUT2D eigenvalue weighted by atomic mass is 10.2. The van der Waals surface area contributed by atoms with Gasteiger partial charge >= 0.3 is 0 Å². The van der Waals surface area contributed by atoms with Crippen molar-refractivity contribution >= 4 is 28.9 Å². The molecule has 0 aliphatic heterocycles. The van der Waals surface area contributed by atoms with Crippen molar-refractivity contribution in [3.63, 3.8) is 0 Å². The van der Waals surface area contributed by atoms with Crippen LogP contribution in [-0.4, -0.2) is 22.5 Å². The van der Waals surface area contributed by atoms with Crippen molar-refractivity contribution in [3.8, 4) is 5.75 Å². The standard InChI is InChI=1S/C15H15N3O2S/c1-10-3-2-8-17-15(10)18-13(19)9-20-12-6-4-11(5-7-12)14(16)21/h2-8H,9H2,1H3,(H2,16,21)(H,17,18,19). The van der Waals surface area contributed by atoms with Crippen molar-refractivity contribution in [3.05, 3.63) is 53.7 Å². The Kier molecular flexibility index (Phi) is 4.84. The van der Waals surface area contributed by atoms with Crippen LogP contribution < -0.4 is 15.8 Å². The lowest BCUT2D eigenvalue weighted by molar-refractivity contribution is -0.118. The monoisotopic (exact) mass is 301 g/mol. The van der Waals surface area contributed by atoms with Gasteiger partial charge in [-0.1, -0.05) is 18.3 Å². The molecule has 0 fully saturated rings. The number of pyridine rings is 1. The van der Waals surface area contributed by atoms with Crippen LogP contribution in [0.3, 0.4) is 0 Å². The van der Waals surface area contributed by atoms with Crippen LogP contribution in [0.5, 0.6) is 5.75 Å². The van der Waals surface area contributed by atoms with E-state index >= 15 is 0 Å². The molecule has 0 atom stereocenters. The van der Waals surface area contributed by atoms with Gasteiger partial charge in [0.1, 0.15) is 16.6 Å². The number of aromatic nitrogens is 1. The van der Waals surface area contributed by atoms with E-state index in [4.69, 9.17) is 22.7 Å². The van der Waals surface area contributed by atoms with Crippen molar-refractivity contribution in [1.82, 2.24) is 4.98 Å². The highest BCUT2D eigenvalue weighted by atomic mass is 32.1. The number of hydrogen-bond acceptors (Lipinski definition) is 4. The molecule has 0 bridgehead atoms. The summed E-state index contributed by atoms with van der Waals surface area (Å²) in [4.78, 5) is 16.2. The molecule has 1 heterocycles. The molecule has 108 valence electrons. The number of carbonyl (C=O) groups excluding carboxylic acids is 1. The average molecular weight is 301 g/mol. The molecule has 0 unspecified atom stereocenters. The van der Waals surface area contributed by atoms with E-state index < -0.39 is 0 Å². The summed E-state index contributed by atoms with van der Waals surface area (Å²) < 4.78 is 5.39. The van der Waals surface area contributed by atoms with Crippen molar-refractivity contribution in [2.75, 3.05) is 11.9 Å². The van der Waals surface area contributed by atoms with E-state index in [2.05, 4.69) is 10.3 Å². The maximum absolute atomic E-state index is 11.8. The molecule has 0 saturated carbocycles. The van der Waals surface area contributed by atoms with E-state index in [0.29, 0.717) is 16.6 Å². The molecule has 0 aliphatic rings. The third-order valence-electron chi connectivity index (χ3n) is 2.78. The lowest BCUT2D eigenvalue weighted by Gasteiger charge is -2.09. The molecule has 3 N–H and O–H groups in total. The first-order valence-corrected chi connectivity index (χ1v) is 6.71. The average Bonchev–Trinajstić information content (AvgIpc) is 2.48. The normalized spacial score (nSPS) is 9.95. The van der Waals surface area contributed by atoms with Crippen LogP contribution in [-0.2, 0) is 4.79 Å². The smallest absolute Gasteiger partial charge is 0.263 e. The molecule has 0 saturated heterocycles. The summed E-state index contributed by atoms with van der Waals surface area (Å²) in [6.45, 7) is 1.78. The number of nitrogens with one attached hydrogen (secondary N) is 1. The van der Waals surface area contributed by atoms with Gasteiger partial charge in [-0.2, -0.15) is 0 Å². The van der Waals surface area contributed by atoms with Crippen molar-refractivity contribution in [1.29, 1.82) is 0 Å². The molecule has 1 amide bonds. The lowest BCUT2D eigenvalue weighted by Crippen LogP contribution is -2.21. The highest BCUT2D eigenvalue weighted by Gasteiger charge is 2.06. The van der Waals surface area contributed by atoms with Crippen LogP contribution in [0.4, 0.5) is 5.82 Å². The maximum Gasteiger partial charge on any atom is 0.263 e. The number of thiocarbonyl (C=S) groups is 1. The van der Waals surface area contributed by atoms with Gasteiger partial charge in [-0.15, -0.1) is 0 Å². The topological polar surface area (TPSA) is 77.2 Å². The van der Waals surface area contributed by atoms with Gasteiger partial charge in [0.15, 0.2) is 6.61 Å². The van der Waals surface area contributed by atoms with Gasteiger partial charge in [-0.05, 0) is 42.8 Å². The van der Waals surface area contributed by atoms with Crippen LogP contribution >= 0.6 is 12.2 Å². The number of rotatable bonds is 5. The summed E-state index contributed by atoms with van der Waals surface area (Å²) in [5, 5.41) is 2.69. The number of amides is 1. The Hall–Kier alpha value is -2.47. The summed E-state index contributed by atoms with van der Waals surface area (Å²) in [7, 11) is 0. The number of nitrogens with two attached hydrogens (primary N) is 1. The SMILES string of the molecule is Cc1cccnc1NC(=O)COc1ccc(C(N)=S)cc1. The molecule has 0 radical (unpaired) electrons. The third-order valence-corrected chi connectivity index (χ3v) is 3.01. The van der Waals surface area contributed by atoms with Crippen molar-refractivity contribution in [2.45, 2.75) is 6.92 Å². The predicted molar refractivity (Wildman–Crippen MR) is 85.4 cm³/mol. The molecule has 5 nitrogen and oxygen atoms in total. The third kappa shape index (κ3) is 4.25. The number of ether oxygens (including phenoxy) is 1. The Morgan fingerprint density at radius 1 is 1.33 bits per heavy atom. The second-order valence-electron chi connectivity index (χ2n) is 4.39. The molecular formula is C15H15N3O2S. The summed E-state index contributed by atoms with van der Waals surface area (Å²) in [5.41, 5.74) is 7.16. The Morgan fingerprint density at radius 2 is 2.05 bits per heavy atom. The van der Waals surface area contributed by atoms with Crippen LogP contribution in [0.15, 0.2) is 42.6 Å². The Bertz CT molecular complexity index is 656. The minimum Gasteiger partial charge on any atom is -0.484 e. The van der Waals surface area contributed by atoms with E-state index in [1.165, 1.54) is 0 Å². The van der Waals surface area contributed by atoms with Crippen LogP contribution in [0.2, 0.25) is 0 Å². The summed E-state index contributed by atoms with van der Waals surface area (Å²) in [5.74, 6) is 0.841. The largest absolute Gasteiger partial charge is 0.484 e. The molecular weight excluding hydrogens is 286 g/mol. The first-order valence-electron chi connectivity index (χ1n) is 6.30. The first-order chi connectivity index (χ1) is 10.1. The number of hydrogen-bond donors (Lipinski definition) is 2. The van der Waals surface area contributed by atoms with E-state index in [0.717, 1.165) is 11.1 Å². The van der Waals surface area contributed by atoms with Gasteiger partial charge in [0.25, 0.3) is 5.91 Å². The Balaban J connectivity index is 1.89. The molecule has 21 heavy (non-hydrogen) atoms. The minimum atomic E-state index is -0.268. The molecule has 6 heteroatoms. The van der Waals surface area contributed by atoms with Crippen LogP contribution in [0.25, 0.3) is 0 Å². The highest BCUT2D eigenvalue weighted by Crippen LogP contribution is 2.13. The number of carbonyl (C=O) groups is 1. The van der Waals surface area contributed by atoms with E-state index in [1.54, 1.807) is 30.5 Å². The van der Waals surface area contributed by atoms with E-state index in [9.17, 15) is 4.79 Å². The fraction of sp³-hybridized carbons (Fsp3) is 0.133. The predicted octanol–water partition coefficient (Wildman–Crippen LogP) is 2.04. The van der Waals surface area contributed by atoms with Gasteiger partial charge in [-0.3, -0.25) is 4.79 Å². The zero-order valence-electron chi connectivity index (χ0n) is 11.5. The number of aryl methyl sites for hydroxylation is 1. The zero-order chi connectivity index (χ0) is 15.2. The van der Waals surface area contributed by atoms with Crippen molar-refractivity contribution in [2.24, 2.45) is 5.73 Å². The van der Waals surface area contributed by atoms with Gasteiger partial charge in [-0.25, -0.2) is 4.98 Å². The van der Waals surface area contributed by atoms with Gasteiger partial charge in [0.2, 0.25) is 0 Å². The van der Waals surface area contributed by atoms with Crippen LogP contribution in [0, 0.1) is 6.92 Å². The van der Waals surface area contributed by atoms with Gasteiger partial charge in [0, 0.05) is 11.8 Å². The van der Waals surface area contributed by atoms with Gasteiger partial charge < -0.3 is 15.8 Å². The minimum absolute atomic E-state index is 0.0948. The quantitative estimate of drug-likeness (QED) is 0.826. The molecule has 2 aromatic rings. The fourth-order valence-corrected chi connectivity index (χ4v) is 1.79. The molecule has 0 aliphatic carbocycles. The van der Waals surface area contributed by atoms with Gasteiger partial charge in [0.05, 0.1) is 0 Å². The number of nitrogens with zero attached hydrogens (tertiary/aromatic N) is 1. The maximum atomic E-state index is 11.8. The van der Waals surface area contributed by atoms with E-state index in [1.807, 2.05) is 19.1 Å². The second-order valence-corrected chi connectivity index (χ2v) is 4.83. The van der Waals surface area contributed by atoms with E-state index in [-0.39, 0.29) is 12.5 Å². The number of anilines is 1. The Labute approximate surface area is 128 Å². The zero-order valence-corrected chi connectivity index (χ0v) is 12.3. The highest BCUT2D eigenvalue weighted by molar-refractivity contribution is 7.80. The fourth-order valence-electron chi connectivity index (χ4n) is 1.65. The Morgan fingerprint density at radius 3 is 2.67 bits per heavy atom. The molecule has 0 spiro atoms. The second kappa shape index (κ2) is 6.81. The van der Waals surface area contributed by atoms with Crippen LogP contribution in [0.1, 0.15) is 11.1 Å². The number of benzene rings is 1. The molecule has 1 aromatic heterocycles. The molecule has 1 aromatic carbocycles. The summed E-state index contributed by atoms with van der Waals surface area (Å²) >= 11 is 4.86. The molecule has 2 rings (SSSR count). The first kappa shape index (κ1) is 14.9.